The minimum atomic E-state index is -0.0638. The van der Waals surface area contributed by atoms with Gasteiger partial charge in [-0.3, -0.25) is 9.78 Å². The normalized spacial score (nSPS) is 20.4. The van der Waals surface area contributed by atoms with E-state index in [1.807, 2.05) is 11.8 Å². The number of fused-ring (bicyclic) bond motifs is 1. The van der Waals surface area contributed by atoms with Crippen LogP contribution in [0.2, 0.25) is 0 Å². The molecule has 0 aromatic carbocycles. The summed E-state index contributed by atoms with van der Waals surface area (Å²) in [5.74, 6) is 2.69. The minimum Gasteiger partial charge on any atom is -0.494 e. The van der Waals surface area contributed by atoms with E-state index in [0.717, 1.165) is 43.4 Å². The lowest BCUT2D eigenvalue weighted by molar-refractivity contribution is 0.0665. The van der Waals surface area contributed by atoms with Gasteiger partial charge in [-0.1, -0.05) is 0 Å². The molecular formula is C19H25N5O3. The summed E-state index contributed by atoms with van der Waals surface area (Å²) in [7, 11) is 1.55. The number of rotatable bonds is 3. The number of carbonyl (C=O) groups excluding carboxylic acids is 1. The molecule has 1 saturated heterocycles. The first-order valence-electron chi connectivity index (χ1n) is 9.39. The molecule has 0 N–H and O–H groups in total. The molecular weight excluding hydrogens is 346 g/mol. The largest absolute Gasteiger partial charge is 0.494 e. The lowest BCUT2D eigenvalue weighted by atomic mass is 9.98. The van der Waals surface area contributed by atoms with Gasteiger partial charge in [0.2, 0.25) is 0 Å². The van der Waals surface area contributed by atoms with Crippen LogP contribution in [0.3, 0.4) is 0 Å². The van der Waals surface area contributed by atoms with E-state index in [4.69, 9.17) is 9.47 Å². The Morgan fingerprint density at radius 3 is 2.81 bits per heavy atom. The fourth-order valence-corrected chi connectivity index (χ4v) is 4.00. The molecule has 2 aliphatic heterocycles. The molecule has 8 heteroatoms. The van der Waals surface area contributed by atoms with Crippen molar-refractivity contribution in [3.05, 3.63) is 35.2 Å². The van der Waals surface area contributed by atoms with Crippen LogP contribution in [0, 0.1) is 6.92 Å². The van der Waals surface area contributed by atoms with Crippen LogP contribution in [0.15, 0.2) is 12.3 Å². The van der Waals surface area contributed by atoms with Crippen LogP contribution in [-0.2, 0) is 11.3 Å². The van der Waals surface area contributed by atoms with Crippen molar-refractivity contribution in [1.82, 2.24) is 24.6 Å². The van der Waals surface area contributed by atoms with Crippen LogP contribution in [0.5, 0.6) is 5.75 Å². The standard InChI is InChI=1S/C19H25N5O3/c1-12-8-15(16(26-3)9-20-12)19(25)23-10-13(2)24-17(11-23)21-22-18(24)14-4-6-27-7-5-14/h8-9,13-14H,4-7,10-11H2,1-3H3/t13-/m0/s1. The molecule has 4 rings (SSSR count). The average molecular weight is 371 g/mol. The fourth-order valence-electron chi connectivity index (χ4n) is 4.00. The van der Waals surface area contributed by atoms with Gasteiger partial charge < -0.3 is 18.9 Å². The van der Waals surface area contributed by atoms with E-state index < -0.39 is 0 Å². The van der Waals surface area contributed by atoms with E-state index in [0.29, 0.717) is 30.3 Å². The third kappa shape index (κ3) is 3.29. The average Bonchev–Trinajstić information content (AvgIpc) is 3.12. The van der Waals surface area contributed by atoms with Crippen LogP contribution < -0.4 is 4.74 Å². The van der Waals surface area contributed by atoms with Gasteiger partial charge in [0, 0.05) is 31.4 Å². The Labute approximate surface area is 158 Å². The molecule has 0 radical (unpaired) electrons. The molecule has 0 unspecified atom stereocenters. The number of hydrogen-bond acceptors (Lipinski definition) is 6. The van der Waals surface area contributed by atoms with Gasteiger partial charge in [0.25, 0.3) is 5.91 Å². The van der Waals surface area contributed by atoms with Crippen LogP contribution in [-0.4, -0.2) is 57.4 Å². The van der Waals surface area contributed by atoms with E-state index in [1.54, 1.807) is 19.4 Å². The highest BCUT2D eigenvalue weighted by atomic mass is 16.5. The van der Waals surface area contributed by atoms with E-state index in [2.05, 4.69) is 26.7 Å². The maximum atomic E-state index is 13.1. The SMILES string of the molecule is COc1cnc(C)cc1C(=O)N1Cc2nnc(C3CCOCC3)n2[C@@H](C)C1. The quantitative estimate of drug-likeness (QED) is 0.822. The number of carbonyl (C=O) groups is 1. The van der Waals surface area contributed by atoms with Gasteiger partial charge in [-0.2, -0.15) is 0 Å². The number of pyridine rings is 1. The number of amides is 1. The maximum Gasteiger partial charge on any atom is 0.258 e. The topological polar surface area (TPSA) is 82.4 Å². The third-order valence-corrected chi connectivity index (χ3v) is 5.38. The Morgan fingerprint density at radius 2 is 2.07 bits per heavy atom. The molecule has 0 bridgehead atoms. The van der Waals surface area contributed by atoms with Crippen LogP contribution in [0.1, 0.15) is 59.4 Å². The maximum absolute atomic E-state index is 13.1. The van der Waals surface area contributed by atoms with Crippen molar-refractivity contribution in [2.24, 2.45) is 0 Å². The Morgan fingerprint density at radius 1 is 1.30 bits per heavy atom. The number of methoxy groups -OCH3 is 1. The van der Waals surface area contributed by atoms with Gasteiger partial charge in [-0.15, -0.1) is 10.2 Å². The zero-order valence-corrected chi connectivity index (χ0v) is 16.0. The molecule has 27 heavy (non-hydrogen) atoms. The van der Waals surface area contributed by atoms with E-state index >= 15 is 0 Å². The summed E-state index contributed by atoms with van der Waals surface area (Å²) in [4.78, 5) is 19.2. The third-order valence-electron chi connectivity index (χ3n) is 5.38. The molecule has 0 aliphatic carbocycles. The van der Waals surface area contributed by atoms with Crippen LogP contribution >= 0.6 is 0 Å². The van der Waals surface area contributed by atoms with Crippen molar-refractivity contribution in [3.63, 3.8) is 0 Å². The summed E-state index contributed by atoms with van der Waals surface area (Å²) < 4.78 is 13.0. The molecule has 144 valence electrons. The van der Waals surface area contributed by atoms with Crippen LogP contribution in [0.4, 0.5) is 0 Å². The smallest absolute Gasteiger partial charge is 0.258 e. The molecule has 2 aromatic rings. The van der Waals surface area contributed by atoms with Gasteiger partial charge >= 0.3 is 0 Å². The zero-order chi connectivity index (χ0) is 19.0. The van der Waals surface area contributed by atoms with Gasteiger partial charge in [-0.25, -0.2) is 0 Å². The molecule has 2 aliphatic rings. The first-order chi connectivity index (χ1) is 13.1. The Kier molecular flexibility index (Phi) is 4.82. The van der Waals surface area contributed by atoms with Crippen molar-refractivity contribution in [3.8, 4) is 5.75 Å². The van der Waals surface area contributed by atoms with Gasteiger partial charge in [-0.05, 0) is 32.8 Å². The number of ether oxygens (including phenoxy) is 2. The highest BCUT2D eigenvalue weighted by molar-refractivity contribution is 5.97. The molecule has 2 aromatic heterocycles. The summed E-state index contributed by atoms with van der Waals surface area (Å²) >= 11 is 0. The van der Waals surface area contributed by atoms with Crippen molar-refractivity contribution in [2.45, 2.75) is 45.2 Å². The van der Waals surface area contributed by atoms with E-state index in [-0.39, 0.29) is 11.9 Å². The predicted octanol–water partition coefficient (Wildman–Crippen LogP) is 2.10. The monoisotopic (exact) mass is 371 g/mol. The second-order valence-electron chi connectivity index (χ2n) is 7.29. The first kappa shape index (κ1) is 17.9. The number of hydrogen-bond donors (Lipinski definition) is 0. The highest BCUT2D eigenvalue weighted by Gasteiger charge is 2.33. The van der Waals surface area contributed by atoms with E-state index in [1.165, 1.54) is 0 Å². The van der Waals surface area contributed by atoms with Crippen molar-refractivity contribution in [1.29, 1.82) is 0 Å². The lowest BCUT2D eigenvalue weighted by Crippen LogP contribution is -2.41. The molecule has 1 fully saturated rings. The molecule has 4 heterocycles. The molecule has 0 saturated carbocycles. The number of nitrogens with zero attached hydrogens (tertiary/aromatic N) is 5. The van der Waals surface area contributed by atoms with Gasteiger partial charge in [0.05, 0.1) is 31.5 Å². The second-order valence-corrected chi connectivity index (χ2v) is 7.29. The summed E-state index contributed by atoms with van der Waals surface area (Å²) in [6.45, 7) is 6.59. The summed E-state index contributed by atoms with van der Waals surface area (Å²) in [5.41, 5.74) is 1.32. The van der Waals surface area contributed by atoms with Gasteiger partial charge in [0.1, 0.15) is 11.6 Å². The number of aryl methyl sites for hydroxylation is 1. The molecule has 1 atom stereocenters. The predicted molar refractivity (Wildman–Crippen MR) is 97.8 cm³/mol. The summed E-state index contributed by atoms with van der Waals surface area (Å²) in [6.07, 6.45) is 3.55. The zero-order valence-electron chi connectivity index (χ0n) is 16.0. The Bertz CT molecular complexity index is 844. The minimum absolute atomic E-state index is 0.0638. The Balaban J connectivity index is 1.60. The fraction of sp³-hybridized carbons (Fsp3) is 0.579. The van der Waals surface area contributed by atoms with Gasteiger partial charge in [0.15, 0.2) is 5.82 Å². The highest BCUT2D eigenvalue weighted by Crippen LogP contribution is 2.31. The first-order valence-corrected chi connectivity index (χ1v) is 9.39. The van der Waals surface area contributed by atoms with Crippen LogP contribution in [0.25, 0.3) is 0 Å². The molecule has 1 amide bonds. The summed E-state index contributed by atoms with van der Waals surface area (Å²) in [5, 5.41) is 8.87. The van der Waals surface area contributed by atoms with Crippen molar-refractivity contribution < 1.29 is 14.3 Å². The molecule has 8 nitrogen and oxygen atoms in total. The van der Waals surface area contributed by atoms with Crippen molar-refractivity contribution >= 4 is 5.91 Å². The second kappa shape index (κ2) is 7.26. The lowest BCUT2D eigenvalue weighted by Gasteiger charge is -2.34. The number of aromatic nitrogens is 4. The summed E-state index contributed by atoms with van der Waals surface area (Å²) in [6, 6.07) is 1.90. The van der Waals surface area contributed by atoms with Crippen molar-refractivity contribution in [2.75, 3.05) is 26.9 Å². The Hall–Kier alpha value is -2.48. The molecule has 0 spiro atoms. The van der Waals surface area contributed by atoms with E-state index in [9.17, 15) is 4.79 Å².